The predicted molar refractivity (Wildman–Crippen MR) is 65.5 cm³/mol. The third-order valence-electron chi connectivity index (χ3n) is 3.26. The summed E-state index contributed by atoms with van der Waals surface area (Å²) in [6.45, 7) is 1.85. The minimum atomic E-state index is -0.892. The van der Waals surface area contributed by atoms with Crippen molar-refractivity contribution in [3.05, 3.63) is 18.1 Å². The van der Waals surface area contributed by atoms with E-state index >= 15 is 0 Å². The number of hydrazine groups is 1. The smallest absolute Gasteiger partial charge is 0.278 e. The van der Waals surface area contributed by atoms with E-state index in [4.69, 9.17) is 10.6 Å². The maximum atomic E-state index is 12.0. The summed E-state index contributed by atoms with van der Waals surface area (Å²) >= 11 is 0. The molecule has 1 fully saturated rings. The minimum absolute atomic E-state index is 0.287. The van der Waals surface area contributed by atoms with Crippen molar-refractivity contribution in [2.45, 2.75) is 44.6 Å². The second kappa shape index (κ2) is 5.30. The van der Waals surface area contributed by atoms with Crippen LogP contribution in [0.15, 0.2) is 12.4 Å². The second-order valence-electron chi connectivity index (χ2n) is 4.63. The summed E-state index contributed by atoms with van der Waals surface area (Å²) in [6.07, 6.45) is 7.49. The van der Waals surface area contributed by atoms with Crippen LogP contribution in [0.2, 0.25) is 0 Å². The molecule has 0 aromatic carbocycles. The van der Waals surface area contributed by atoms with Gasteiger partial charge in [0.15, 0.2) is 5.60 Å². The monoisotopic (exact) mass is 250 g/mol. The number of carbonyl (C=O) groups is 1. The van der Waals surface area contributed by atoms with Crippen LogP contribution in [0.1, 0.15) is 37.8 Å². The fourth-order valence-corrected chi connectivity index (χ4v) is 2.26. The highest BCUT2D eigenvalue weighted by Crippen LogP contribution is 2.32. The first-order valence-electron chi connectivity index (χ1n) is 6.15. The number of nitrogens with zero attached hydrogens (tertiary/aromatic N) is 2. The molecule has 1 heterocycles. The molecule has 0 unspecified atom stereocenters. The van der Waals surface area contributed by atoms with Gasteiger partial charge in [-0.15, -0.1) is 0 Å². The Balaban J connectivity index is 2.19. The first-order chi connectivity index (χ1) is 8.66. The van der Waals surface area contributed by atoms with Gasteiger partial charge in [0, 0.05) is 0 Å². The summed E-state index contributed by atoms with van der Waals surface area (Å²) in [5.41, 5.74) is 2.11. The normalized spacial score (nSPS) is 18.1. The Morgan fingerprint density at radius 1 is 1.33 bits per heavy atom. The lowest BCUT2D eigenvalue weighted by Gasteiger charge is -2.34. The number of aryl methyl sites for hydroxylation is 1. The molecule has 1 saturated carbocycles. The summed E-state index contributed by atoms with van der Waals surface area (Å²) in [7, 11) is 0. The molecule has 1 aliphatic rings. The number of rotatable bonds is 3. The molecule has 6 nitrogen and oxygen atoms in total. The molecule has 98 valence electrons. The first kappa shape index (κ1) is 12.8. The molecule has 2 rings (SSSR count). The Labute approximate surface area is 106 Å². The van der Waals surface area contributed by atoms with E-state index in [-0.39, 0.29) is 5.91 Å². The van der Waals surface area contributed by atoms with E-state index in [1.54, 1.807) is 6.20 Å². The second-order valence-corrected chi connectivity index (χ2v) is 4.63. The number of hydrogen-bond acceptors (Lipinski definition) is 5. The highest BCUT2D eigenvalue weighted by molar-refractivity contribution is 5.85. The predicted octanol–water partition coefficient (Wildman–Crippen LogP) is 0.857. The van der Waals surface area contributed by atoms with Crippen LogP contribution >= 0.6 is 0 Å². The van der Waals surface area contributed by atoms with Gasteiger partial charge < -0.3 is 4.74 Å². The summed E-state index contributed by atoms with van der Waals surface area (Å²) in [4.78, 5) is 20.2. The van der Waals surface area contributed by atoms with Crippen LogP contribution in [0.5, 0.6) is 5.88 Å². The van der Waals surface area contributed by atoms with Crippen LogP contribution in [-0.2, 0) is 4.79 Å². The summed E-state index contributed by atoms with van der Waals surface area (Å²) in [5.74, 6) is 5.33. The maximum absolute atomic E-state index is 12.0. The van der Waals surface area contributed by atoms with Crippen molar-refractivity contribution in [1.82, 2.24) is 15.4 Å². The van der Waals surface area contributed by atoms with E-state index in [9.17, 15) is 4.79 Å². The SMILES string of the molecule is Cc1cnc(OC2(C(=O)NN)CCCCC2)cn1. The van der Waals surface area contributed by atoms with Crippen molar-refractivity contribution in [3.8, 4) is 5.88 Å². The average Bonchev–Trinajstić information content (AvgIpc) is 2.41. The lowest BCUT2D eigenvalue weighted by molar-refractivity contribution is -0.140. The quantitative estimate of drug-likeness (QED) is 0.471. The lowest BCUT2D eigenvalue weighted by Crippen LogP contribution is -2.54. The number of nitrogens with two attached hydrogens (primary N) is 1. The highest BCUT2D eigenvalue weighted by Gasteiger charge is 2.42. The zero-order valence-corrected chi connectivity index (χ0v) is 10.5. The molecular weight excluding hydrogens is 232 g/mol. The van der Waals surface area contributed by atoms with Gasteiger partial charge in [0.05, 0.1) is 18.1 Å². The van der Waals surface area contributed by atoms with Crippen molar-refractivity contribution < 1.29 is 9.53 Å². The van der Waals surface area contributed by atoms with E-state index in [0.29, 0.717) is 18.7 Å². The molecule has 18 heavy (non-hydrogen) atoms. The number of hydrogen-bond donors (Lipinski definition) is 2. The minimum Gasteiger partial charge on any atom is -0.460 e. The molecule has 1 aromatic heterocycles. The molecule has 1 aromatic rings. The van der Waals surface area contributed by atoms with E-state index in [1.807, 2.05) is 6.92 Å². The molecular formula is C12H18N4O2. The van der Waals surface area contributed by atoms with Crippen molar-refractivity contribution in [3.63, 3.8) is 0 Å². The van der Waals surface area contributed by atoms with Gasteiger partial charge in [-0.25, -0.2) is 10.8 Å². The third kappa shape index (κ3) is 2.59. The lowest BCUT2D eigenvalue weighted by atomic mass is 9.84. The molecule has 0 aliphatic heterocycles. The summed E-state index contributed by atoms with van der Waals surface area (Å²) in [6, 6.07) is 0. The molecule has 1 amide bonds. The summed E-state index contributed by atoms with van der Waals surface area (Å²) < 4.78 is 5.78. The van der Waals surface area contributed by atoms with Crippen LogP contribution in [0.3, 0.4) is 0 Å². The summed E-state index contributed by atoms with van der Waals surface area (Å²) in [5, 5.41) is 0. The van der Waals surface area contributed by atoms with Crippen LogP contribution in [0.25, 0.3) is 0 Å². The van der Waals surface area contributed by atoms with Gasteiger partial charge in [0.25, 0.3) is 5.91 Å². The van der Waals surface area contributed by atoms with Crippen molar-refractivity contribution >= 4 is 5.91 Å². The van der Waals surface area contributed by atoms with Crippen molar-refractivity contribution in [1.29, 1.82) is 0 Å². The number of aromatic nitrogens is 2. The maximum Gasteiger partial charge on any atom is 0.278 e. The van der Waals surface area contributed by atoms with Gasteiger partial charge in [-0.1, -0.05) is 6.42 Å². The van der Waals surface area contributed by atoms with Gasteiger partial charge in [0.2, 0.25) is 5.88 Å². The van der Waals surface area contributed by atoms with Crippen LogP contribution < -0.4 is 16.0 Å². The molecule has 0 saturated heterocycles. The van der Waals surface area contributed by atoms with Crippen LogP contribution in [0, 0.1) is 6.92 Å². The van der Waals surface area contributed by atoms with Crippen LogP contribution in [0.4, 0.5) is 0 Å². The number of amides is 1. The third-order valence-corrected chi connectivity index (χ3v) is 3.26. The molecule has 0 radical (unpaired) electrons. The molecule has 0 bridgehead atoms. The van der Waals surface area contributed by atoms with Gasteiger partial charge in [-0.05, 0) is 32.6 Å². The van der Waals surface area contributed by atoms with Gasteiger partial charge in [-0.2, -0.15) is 0 Å². The Morgan fingerprint density at radius 2 is 2.06 bits per heavy atom. The molecule has 3 N–H and O–H groups in total. The molecule has 0 spiro atoms. The van der Waals surface area contributed by atoms with E-state index in [0.717, 1.165) is 25.0 Å². The molecule has 6 heteroatoms. The van der Waals surface area contributed by atoms with Crippen molar-refractivity contribution in [2.24, 2.45) is 5.84 Å². The Morgan fingerprint density at radius 3 is 2.61 bits per heavy atom. The number of nitrogens with one attached hydrogen (secondary N) is 1. The number of ether oxygens (including phenoxy) is 1. The van der Waals surface area contributed by atoms with E-state index in [2.05, 4.69) is 15.4 Å². The van der Waals surface area contributed by atoms with E-state index < -0.39 is 5.60 Å². The standard InChI is InChI=1S/C12H18N4O2/c1-9-7-15-10(8-14-9)18-12(11(17)16-13)5-3-2-4-6-12/h7-8H,2-6,13H2,1H3,(H,16,17). The molecule has 1 aliphatic carbocycles. The van der Waals surface area contributed by atoms with Gasteiger partial charge in [0.1, 0.15) is 0 Å². The zero-order chi connectivity index (χ0) is 13.0. The number of carbonyl (C=O) groups excluding carboxylic acids is 1. The van der Waals surface area contributed by atoms with Crippen molar-refractivity contribution in [2.75, 3.05) is 0 Å². The Hall–Kier alpha value is -1.69. The van der Waals surface area contributed by atoms with E-state index in [1.165, 1.54) is 6.20 Å². The Kier molecular flexibility index (Phi) is 3.76. The fourth-order valence-electron chi connectivity index (χ4n) is 2.26. The van der Waals surface area contributed by atoms with Crippen LogP contribution in [-0.4, -0.2) is 21.5 Å². The zero-order valence-electron chi connectivity index (χ0n) is 10.5. The molecule has 0 atom stereocenters. The van der Waals surface area contributed by atoms with Gasteiger partial charge in [-0.3, -0.25) is 15.2 Å². The fraction of sp³-hybridized carbons (Fsp3) is 0.583. The average molecular weight is 250 g/mol. The Bertz CT molecular complexity index is 413. The largest absolute Gasteiger partial charge is 0.460 e. The van der Waals surface area contributed by atoms with Gasteiger partial charge >= 0.3 is 0 Å². The highest BCUT2D eigenvalue weighted by atomic mass is 16.5. The topological polar surface area (TPSA) is 90.1 Å². The first-order valence-corrected chi connectivity index (χ1v) is 6.15.